The van der Waals surface area contributed by atoms with Crippen LogP contribution in [-0.2, 0) is 33.6 Å². The first-order valence-corrected chi connectivity index (χ1v) is 8.62. The number of rotatable bonds is 5. The van der Waals surface area contributed by atoms with Gasteiger partial charge < -0.3 is 19.8 Å². The van der Waals surface area contributed by atoms with E-state index in [0.29, 0.717) is 0 Å². The van der Waals surface area contributed by atoms with Crippen molar-refractivity contribution in [3.63, 3.8) is 0 Å². The molecule has 13 heteroatoms. The number of fused-ring (bicyclic) bond motifs is 1. The predicted molar refractivity (Wildman–Crippen MR) is 92.9 cm³/mol. The fourth-order valence-electron chi connectivity index (χ4n) is 2.98. The largest absolute Gasteiger partial charge is 0.456 e. The molecule has 2 aromatic rings. The number of hydrogen-bond acceptors (Lipinski definition) is 10. The van der Waals surface area contributed by atoms with E-state index in [1.807, 2.05) is 0 Å². The first kappa shape index (κ1) is 20.4. The summed E-state index contributed by atoms with van der Waals surface area (Å²) >= 11 is 0. The van der Waals surface area contributed by atoms with Gasteiger partial charge in [0, 0.05) is 19.9 Å². The molecule has 3 heterocycles. The highest BCUT2D eigenvalue weighted by molar-refractivity contribution is 6.32. The van der Waals surface area contributed by atoms with E-state index in [0.717, 1.165) is 6.92 Å². The number of aromatic nitrogens is 4. The number of amides is 1. The number of likely N-dealkylation sites (N-methyl/N-ethyl adjacent to an activating group) is 1. The van der Waals surface area contributed by atoms with Crippen LogP contribution >= 0.6 is 0 Å². The van der Waals surface area contributed by atoms with E-state index in [1.165, 1.54) is 24.3 Å². The van der Waals surface area contributed by atoms with Gasteiger partial charge in [-0.05, 0) is 0 Å². The van der Waals surface area contributed by atoms with Crippen molar-refractivity contribution in [3.05, 3.63) is 23.0 Å². The standard InChI is InChI=1S/C16H19N5O8/c1-7-11(29-28-8(2)22)9(4-26-16(25)14(24)17-3)27-15(7)21-6-20-10-12(21)18-5-19-13(10)23/h5-7,9,11,15H,4H2,1-3H3,(H,17,24)(H,18,19,23)/t7?,9-,11-,15-/m1/s1. The van der Waals surface area contributed by atoms with Crippen LogP contribution in [-0.4, -0.2) is 63.2 Å². The Hall–Kier alpha value is -3.32. The van der Waals surface area contributed by atoms with Gasteiger partial charge in [0.05, 0.1) is 12.7 Å². The summed E-state index contributed by atoms with van der Waals surface area (Å²) in [7, 11) is 1.29. The Balaban J connectivity index is 1.84. The fraction of sp³-hybridized carbons (Fsp3) is 0.500. The van der Waals surface area contributed by atoms with Crippen LogP contribution in [0.4, 0.5) is 0 Å². The molecule has 0 saturated carbocycles. The third-order valence-corrected chi connectivity index (χ3v) is 4.36. The Labute approximate surface area is 163 Å². The van der Waals surface area contributed by atoms with Crippen LogP contribution in [0.2, 0.25) is 0 Å². The van der Waals surface area contributed by atoms with Crippen LogP contribution in [0.3, 0.4) is 0 Å². The van der Waals surface area contributed by atoms with Gasteiger partial charge in [0.15, 0.2) is 11.2 Å². The Bertz CT molecular complexity index is 985. The average Bonchev–Trinajstić information content (AvgIpc) is 3.25. The monoisotopic (exact) mass is 409 g/mol. The van der Waals surface area contributed by atoms with Gasteiger partial charge >= 0.3 is 17.8 Å². The van der Waals surface area contributed by atoms with Crippen molar-refractivity contribution in [1.82, 2.24) is 24.8 Å². The number of H-pyrrole nitrogens is 1. The zero-order valence-electron chi connectivity index (χ0n) is 15.8. The normalized spacial score (nSPS) is 23.7. The number of nitrogens with one attached hydrogen (secondary N) is 2. The van der Waals surface area contributed by atoms with Gasteiger partial charge in [-0.3, -0.25) is 19.0 Å². The van der Waals surface area contributed by atoms with Crippen molar-refractivity contribution in [3.8, 4) is 0 Å². The van der Waals surface area contributed by atoms with E-state index >= 15 is 0 Å². The molecule has 0 aliphatic carbocycles. The molecule has 156 valence electrons. The summed E-state index contributed by atoms with van der Waals surface area (Å²) in [6.45, 7) is 2.58. The molecule has 0 aromatic carbocycles. The molecule has 1 unspecified atom stereocenters. The molecule has 0 spiro atoms. The van der Waals surface area contributed by atoms with Gasteiger partial charge in [0.1, 0.15) is 25.0 Å². The number of aromatic amines is 1. The van der Waals surface area contributed by atoms with Gasteiger partial charge in [-0.25, -0.2) is 19.6 Å². The minimum Gasteiger partial charge on any atom is -0.456 e. The number of imidazole rings is 1. The molecule has 0 radical (unpaired) electrons. The molecule has 0 bridgehead atoms. The summed E-state index contributed by atoms with van der Waals surface area (Å²) < 4.78 is 12.4. The molecule has 3 rings (SSSR count). The molecular weight excluding hydrogens is 390 g/mol. The number of nitrogens with zero attached hydrogens (tertiary/aromatic N) is 3. The highest BCUT2D eigenvalue weighted by Crippen LogP contribution is 2.37. The van der Waals surface area contributed by atoms with E-state index in [9.17, 15) is 19.2 Å². The lowest BCUT2D eigenvalue weighted by atomic mass is 10.0. The molecule has 1 amide bonds. The zero-order valence-corrected chi connectivity index (χ0v) is 15.8. The number of ether oxygens (including phenoxy) is 2. The molecule has 4 atom stereocenters. The second kappa shape index (κ2) is 8.36. The number of carbonyl (C=O) groups is 3. The Morgan fingerprint density at radius 2 is 2.10 bits per heavy atom. The first-order chi connectivity index (χ1) is 13.8. The van der Waals surface area contributed by atoms with Crippen LogP contribution in [0.1, 0.15) is 20.1 Å². The third-order valence-electron chi connectivity index (χ3n) is 4.36. The lowest BCUT2D eigenvalue weighted by molar-refractivity contribution is -0.308. The summed E-state index contributed by atoms with van der Waals surface area (Å²) in [5, 5.41) is 2.15. The fourth-order valence-corrected chi connectivity index (χ4v) is 2.98. The summed E-state index contributed by atoms with van der Waals surface area (Å²) in [5.41, 5.74) is -0.0155. The average molecular weight is 409 g/mol. The van der Waals surface area contributed by atoms with Crippen molar-refractivity contribution in [1.29, 1.82) is 0 Å². The first-order valence-electron chi connectivity index (χ1n) is 8.62. The summed E-state index contributed by atoms with van der Waals surface area (Å²) in [6.07, 6.45) is 0.190. The highest BCUT2D eigenvalue weighted by Gasteiger charge is 2.46. The second-order valence-electron chi connectivity index (χ2n) is 6.29. The Morgan fingerprint density at radius 3 is 2.79 bits per heavy atom. The molecule has 2 aromatic heterocycles. The van der Waals surface area contributed by atoms with E-state index in [1.54, 1.807) is 6.92 Å². The smallest absolute Gasteiger partial charge is 0.396 e. The molecule has 1 aliphatic heterocycles. The van der Waals surface area contributed by atoms with Crippen molar-refractivity contribution >= 4 is 29.0 Å². The maximum Gasteiger partial charge on any atom is 0.396 e. The minimum atomic E-state index is -1.10. The van der Waals surface area contributed by atoms with Crippen molar-refractivity contribution in [2.45, 2.75) is 32.3 Å². The van der Waals surface area contributed by atoms with Gasteiger partial charge in [-0.1, -0.05) is 6.92 Å². The summed E-state index contributed by atoms with van der Waals surface area (Å²) in [4.78, 5) is 66.4. The van der Waals surface area contributed by atoms with E-state index in [-0.39, 0.29) is 17.8 Å². The maximum absolute atomic E-state index is 11.9. The Kier molecular flexibility index (Phi) is 5.89. The van der Waals surface area contributed by atoms with Crippen molar-refractivity contribution < 1.29 is 33.6 Å². The van der Waals surface area contributed by atoms with Crippen molar-refractivity contribution in [2.24, 2.45) is 5.92 Å². The molecule has 1 saturated heterocycles. The van der Waals surface area contributed by atoms with E-state index < -0.39 is 47.8 Å². The van der Waals surface area contributed by atoms with Crippen LogP contribution in [0.5, 0.6) is 0 Å². The van der Waals surface area contributed by atoms with Crippen LogP contribution in [0, 0.1) is 5.92 Å². The molecule has 1 aliphatic rings. The van der Waals surface area contributed by atoms with Gasteiger partial charge in [-0.2, -0.15) is 4.89 Å². The zero-order chi connectivity index (χ0) is 21.1. The van der Waals surface area contributed by atoms with Gasteiger partial charge in [0.2, 0.25) is 0 Å². The van der Waals surface area contributed by atoms with Crippen LogP contribution in [0.25, 0.3) is 11.2 Å². The van der Waals surface area contributed by atoms with E-state index in [2.05, 4.69) is 25.2 Å². The van der Waals surface area contributed by atoms with Gasteiger partial charge in [-0.15, -0.1) is 0 Å². The Morgan fingerprint density at radius 1 is 1.34 bits per heavy atom. The molecule has 29 heavy (non-hydrogen) atoms. The third kappa shape index (κ3) is 4.09. The predicted octanol–water partition coefficient (Wildman–Crippen LogP) is -1.19. The quantitative estimate of drug-likeness (QED) is 0.265. The lowest BCUT2D eigenvalue weighted by Crippen LogP contribution is -2.36. The van der Waals surface area contributed by atoms with Crippen LogP contribution in [0.15, 0.2) is 17.4 Å². The SMILES string of the molecule is CNC(=O)C(=O)OC[C@H]1O[C@@H](n2cnc3c(=O)[nH]cnc32)C(C)[C@H]1OOC(C)=O. The summed E-state index contributed by atoms with van der Waals surface area (Å²) in [5.74, 6) is -3.13. The molecule has 1 fully saturated rings. The number of esters is 1. The second-order valence-corrected chi connectivity index (χ2v) is 6.29. The number of carbonyl (C=O) groups excluding carboxylic acids is 3. The molecule has 2 N–H and O–H groups in total. The minimum absolute atomic E-state index is 0.121. The lowest BCUT2D eigenvalue weighted by Gasteiger charge is -2.19. The molecule has 13 nitrogen and oxygen atoms in total. The van der Waals surface area contributed by atoms with Crippen molar-refractivity contribution in [2.75, 3.05) is 13.7 Å². The topological polar surface area (TPSA) is 164 Å². The maximum atomic E-state index is 11.9. The summed E-state index contributed by atoms with van der Waals surface area (Å²) in [6, 6.07) is 0. The number of hydrogen-bond donors (Lipinski definition) is 2. The molecular formula is C16H19N5O8. The van der Waals surface area contributed by atoms with Gasteiger partial charge in [0.25, 0.3) is 5.56 Å². The highest BCUT2D eigenvalue weighted by atomic mass is 17.2. The van der Waals surface area contributed by atoms with E-state index in [4.69, 9.17) is 14.4 Å². The van der Waals surface area contributed by atoms with Crippen LogP contribution < -0.4 is 10.9 Å².